The average Bonchev–Trinajstić information content (AvgIpc) is 2.35. The lowest BCUT2D eigenvalue weighted by Gasteiger charge is -2.22. The van der Waals surface area contributed by atoms with Crippen LogP contribution in [0.15, 0.2) is 30.3 Å². The van der Waals surface area contributed by atoms with Gasteiger partial charge in [-0.15, -0.1) is 0 Å². The van der Waals surface area contributed by atoms with E-state index in [-0.39, 0.29) is 0 Å². The molecule has 0 aliphatic heterocycles. The van der Waals surface area contributed by atoms with Gasteiger partial charge in [-0.2, -0.15) is 11.8 Å². The summed E-state index contributed by atoms with van der Waals surface area (Å²) in [6, 6.07) is 9.82. The van der Waals surface area contributed by atoms with Gasteiger partial charge in [0.1, 0.15) is 5.75 Å². The Hall–Kier alpha value is -0.710. The van der Waals surface area contributed by atoms with Gasteiger partial charge in [-0.25, -0.2) is 0 Å². The predicted molar refractivity (Wildman–Crippen MR) is 78.4 cm³/mol. The van der Waals surface area contributed by atoms with E-state index in [1.165, 1.54) is 0 Å². The molecule has 1 atom stereocenters. The highest BCUT2D eigenvalue weighted by molar-refractivity contribution is 7.98. The third-order valence-corrected chi connectivity index (χ3v) is 3.38. The summed E-state index contributed by atoms with van der Waals surface area (Å²) in [5.74, 6) is 1.66. The van der Waals surface area contributed by atoms with Crippen molar-refractivity contribution in [3.63, 3.8) is 0 Å². The molecule has 0 radical (unpaired) electrons. The van der Waals surface area contributed by atoms with Crippen LogP contribution in [0.3, 0.4) is 0 Å². The van der Waals surface area contributed by atoms with Crippen molar-refractivity contribution in [2.45, 2.75) is 18.9 Å². The minimum absolute atomic E-state index is 0.624. The van der Waals surface area contributed by atoms with E-state index >= 15 is 0 Å². The molecule has 0 fully saturated rings. The molecule has 4 heteroatoms. The second kappa shape index (κ2) is 8.40. The zero-order valence-electron chi connectivity index (χ0n) is 11.2. The van der Waals surface area contributed by atoms with Crippen LogP contribution >= 0.6 is 11.8 Å². The summed E-state index contributed by atoms with van der Waals surface area (Å²) in [5.41, 5.74) is -0.625. The minimum atomic E-state index is -0.625. The van der Waals surface area contributed by atoms with Gasteiger partial charge in [0, 0.05) is 12.3 Å². The first-order chi connectivity index (χ1) is 8.64. The highest BCUT2D eigenvalue weighted by Gasteiger charge is 2.18. The summed E-state index contributed by atoms with van der Waals surface area (Å²) in [5, 5.41) is 13.2. The Bertz CT molecular complexity index is 317. The molecule has 18 heavy (non-hydrogen) atoms. The molecule has 0 aromatic heterocycles. The van der Waals surface area contributed by atoms with Crippen LogP contribution in [0.1, 0.15) is 13.3 Å². The van der Waals surface area contributed by atoms with E-state index < -0.39 is 5.60 Å². The molecule has 0 saturated carbocycles. The van der Waals surface area contributed by atoms with Crippen molar-refractivity contribution in [2.24, 2.45) is 0 Å². The van der Waals surface area contributed by atoms with Gasteiger partial charge in [0.05, 0.1) is 12.2 Å². The first-order valence-corrected chi connectivity index (χ1v) is 7.63. The predicted octanol–water partition coefficient (Wildman–Crippen LogP) is 2.16. The van der Waals surface area contributed by atoms with Crippen LogP contribution in [-0.2, 0) is 0 Å². The van der Waals surface area contributed by atoms with Gasteiger partial charge < -0.3 is 15.2 Å². The molecule has 0 heterocycles. The van der Waals surface area contributed by atoms with Crippen LogP contribution < -0.4 is 10.1 Å². The maximum absolute atomic E-state index is 9.93. The third-order valence-electron chi connectivity index (χ3n) is 2.47. The third kappa shape index (κ3) is 6.89. The summed E-state index contributed by atoms with van der Waals surface area (Å²) in [6.45, 7) is 4.04. The van der Waals surface area contributed by atoms with E-state index in [4.69, 9.17) is 4.74 Å². The van der Waals surface area contributed by atoms with Gasteiger partial charge in [0.2, 0.25) is 0 Å². The monoisotopic (exact) mass is 269 g/mol. The number of hydrogen-bond donors (Lipinski definition) is 2. The molecule has 2 N–H and O–H groups in total. The Morgan fingerprint density at radius 3 is 2.72 bits per heavy atom. The van der Waals surface area contributed by atoms with E-state index in [9.17, 15) is 5.11 Å². The zero-order chi connectivity index (χ0) is 13.3. The highest BCUT2D eigenvalue weighted by Crippen LogP contribution is 2.09. The molecular formula is C14H23NO2S. The smallest absolute Gasteiger partial charge is 0.119 e. The largest absolute Gasteiger partial charge is 0.494 e. The lowest BCUT2D eigenvalue weighted by Crippen LogP contribution is -2.40. The topological polar surface area (TPSA) is 41.5 Å². The Morgan fingerprint density at radius 2 is 2.06 bits per heavy atom. The Morgan fingerprint density at radius 1 is 1.33 bits per heavy atom. The van der Waals surface area contributed by atoms with E-state index in [0.717, 1.165) is 24.5 Å². The Labute approximate surface area is 114 Å². The van der Waals surface area contributed by atoms with Crippen LogP contribution in [0.5, 0.6) is 5.75 Å². The zero-order valence-corrected chi connectivity index (χ0v) is 12.0. The van der Waals surface area contributed by atoms with Crippen LogP contribution in [0.4, 0.5) is 0 Å². The molecular weight excluding hydrogens is 246 g/mol. The number of thioether (sulfide) groups is 1. The first-order valence-electron chi connectivity index (χ1n) is 6.24. The molecule has 3 nitrogen and oxygen atoms in total. The van der Waals surface area contributed by atoms with Crippen LogP contribution in [0, 0.1) is 0 Å². The fourth-order valence-corrected chi connectivity index (χ4v) is 2.35. The highest BCUT2D eigenvalue weighted by atomic mass is 32.2. The molecule has 1 aromatic carbocycles. The van der Waals surface area contributed by atoms with Gasteiger partial charge in [-0.1, -0.05) is 18.2 Å². The van der Waals surface area contributed by atoms with Crippen molar-refractivity contribution in [3.05, 3.63) is 30.3 Å². The number of rotatable bonds is 9. The van der Waals surface area contributed by atoms with Crippen LogP contribution in [0.25, 0.3) is 0 Å². The van der Waals surface area contributed by atoms with E-state index in [0.29, 0.717) is 13.2 Å². The normalized spacial score (nSPS) is 14.2. The summed E-state index contributed by atoms with van der Waals surface area (Å²) < 4.78 is 5.58. The molecule has 0 saturated heterocycles. The van der Waals surface area contributed by atoms with E-state index in [1.54, 1.807) is 11.8 Å². The van der Waals surface area contributed by atoms with Crippen LogP contribution in [-0.4, -0.2) is 42.4 Å². The van der Waals surface area contributed by atoms with Gasteiger partial charge in [-0.3, -0.25) is 0 Å². The molecule has 1 rings (SSSR count). The van der Waals surface area contributed by atoms with Crippen molar-refractivity contribution >= 4 is 11.8 Å². The summed E-state index contributed by atoms with van der Waals surface area (Å²) in [7, 11) is 0. The van der Waals surface area contributed by atoms with Gasteiger partial charge >= 0.3 is 0 Å². The van der Waals surface area contributed by atoms with Crippen molar-refractivity contribution < 1.29 is 9.84 Å². The van der Waals surface area contributed by atoms with Crippen molar-refractivity contribution in [1.82, 2.24) is 5.32 Å². The SMILES string of the molecule is CSCC(C)(O)CNCCCOc1ccccc1. The molecule has 0 bridgehead atoms. The fraction of sp³-hybridized carbons (Fsp3) is 0.571. The number of hydrogen-bond acceptors (Lipinski definition) is 4. The number of ether oxygens (including phenoxy) is 1. The van der Waals surface area contributed by atoms with Crippen molar-refractivity contribution in [3.8, 4) is 5.75 Å². The first kappa shape index (κ1) is 15.3. The summed E-state index contributed by atoms with van der Waals surface area (Å²) in [4.78, 5) is 0. The summed E-state index contributed by atoms with van der Waals surface area (Å²) in [6.07, 6.45) is 2.94. The standard InChI is InChI=1S/C14H23NO2S/c1-14(16,12-18-2)11-15-9-6-10-17-13-7-4-3-5-8-13/h3-5,7-8,15-16H,6,9-12H2,1-2H3. The summed E-state index contributed by atoms with van der Waals surface area (Å²) >= 11 is 1.66. The van der Waals surface area contributed by atoms with Gasteiger partial charge in [0.25, 0.3) is 0 Å². The van der Waals surface area contributed by atoms with Crippen LogP contribution in [0.2, 0.25) is 0 Å². The molecule has 0 aliphatic rings. The molecule has 1 aromatic rings. The number of benzene rings is 1. The van der Waals surface area contributed by atoms with Gasteiger partial charge in [0.15, 0.2) is 0 Å². The van der Waals surface area contributed by atoms with Crippen molar-refractivity contribution in [2.75, 3.05) is 31.7 Å². The second-order valence-corrected chi connectivity index (χ2v) is 5.49. The molecule has 0 spiro atoms. The molecule has 1 unspecified atom stereocenters. The lowest BCUT2D eigenvalue weighted by atomic mass is 10.1. The molecule has 0 amide bonds. The van der Waals surface area contributed by atoms with Gasteiger partial charge in [-0.05, 0) is 38.3 Å². The average molecular weight is 269 g/mol. The fourth-order valence-electron chi connectivity index (χ4n) is 1.62. The maximum atomic E-state index is 9.93. The molecule has 0 aliphatic carbocycles. The van der Waals surface area contributed by atoms with Crippen molar-refractivity contribution in [1.29, 1.82) is 0 Å². The number of aliphatic hydroxyl groups is 1. The van der Waals surface area contributed by atoms with E-state index in [1.807, 2.05) is 43.5 Å². The Balaban J connectivity index is 2.02. The van der Waals surface area contributed by atoms with E-state index in [2.05, 4.69) is 5.32 Å². The number of nitrogens with one attached hydrogen (secondary N) is 1. The minimum Gasteiger partial charge on any atom is -0.494 e. The lowest BCUT2D eigenvalue weighted by molar-refractivity contribution is 0.0846. The quantitative estimate of drug-likeness (QED) is 0.674. The molecule has 102 valence electrons. The maximum Gasteiger partial charge on any atom is 0.119 e. The number of para-hydroxylation sites is 1. The second-order valence-electron chi connectivity index (χ2n) is 4.62. The Kier molecular flexibility index (Phi) is 7.16.